The molecular formula is C18H21N3O3. The van der Waals surface area contributed by atoms with Gasteiger partial charge in [0.1, 0.15) is 0 Å². The number of aromatic amines is 1. The second kappa shape index (κ2) is 6.03. The Bertz CT molecular complexity index is 956. The number of rotatable bonds is 4. The van der Waals surface area contributed by atoms with Gasteiger partial charge in [0.15, 0.2) is 5.69 Å². The van der Waals surface area contributed by atoms with Gasteiger partial charge in [-0.25, -0.2) is 0 Å². The van der Waals surface area contributed by atoms with E-state index in [1.165, 1.54) is 11.7 Å². The highest BCUT2D eigenvalue weighted by molar-refractivity contribution is 5.95. The SMILES string of the molecule is CCC(C)c1c(=O)n(C)c(-c2c[nH]c3ccccc23)c(OC)[n+]1[O-]. The van der Waals surface area contributed by atoms with Gasteiger partial charge in [0, 0.05) is 35.6 Å². The van der Waals surface area contributed by atoms with Crippen LogP contribution in [0.4, 0.5) is 0 Å². The molecule has 6 heteroatoms. The summed E-state index contributed by atoms with van der Waals surface area (Å²) in [6.07, 6.45) is 2.50. The Morgan fingerprint density at radius 2 is 2.08 bits per heavy atom. The van der Waals surface area contributed by atoms with Crippen LogP contribution in [0.5, 0.6) is 5.88 Å². The smallest absolute Gasteiger partial charge is 0.404 e. The van der Waals surface area contributed by atoms with Crippen molar-refractivity contribution in [3.05, 3.63) is 51.7 Å². The van der Waals surface area contributed by atoms with Crippen molar-refractivity contribution in [1.82, 2.24) is 9.55 Å². The van der Waals surface area contributed by atoms with E-state index in [4.69, 9.17) is 4.74 Å². The number of fused-ring (bicyclic) bond motifs is 1. The number of benzene rings is 1. The zero-order valence-electron chi connectivity index (χ0n) is 14.3. The molecule has 3 aromatic rings. The number of H-pyrrole nitrogens is 1. The number of hydrogen-bond acceptors (Lipinski definition) is 3. The van der Waals surface area contributed by atoms with E-state index < -0.39 is 0 Å². The summed E-state index contributed by atoms with van der Waals surface area (Å²) in [5.41, 5.74) is 2.09. The van der Waals surface area contributed by atoms with Crippen molar-refractivity contribution in [2.24, 2.45) is 7.05 Å². The molecule has 6 nitrogen and oxygen atoms in total. The monoisotopic (exact) mass is 327 g/mol. The lowest BCUT2D eigenvalue weighted by atomic mass is 10.0. The van der Waals surface area contributed by atoms with Crippen LogP contribution in [0.3, 0.4) is 0 Å². The van der Waals surface area contributed by atoms with Crippen molar-refractivity contribution < 1.29 is 9.47 Å². The van der Waals surface area contributed by atoms with Gasteiger partial charge in [-0.2, -0.15) is 0 Å². The van der Waals surface area contributed by atoms with Gasteiger partial charge in [-0.15, -0.1) is 4.73 Å². The van der Waals surface area contributed by atoms with Crippen molar-refractivity contribution in [3.63, 3.8) is 0 Å². The zero-order valence-corrected chi connectivity index (χ0v) is 14.3. The van der Waals surface area contributed by atoms with Gasteiger partial charge in [-0.05, 0) is 12.5 Å². The van der Waals surface area contributed by atoms with E-state index >= 15 is 0 Å². The van der Waals surface area contributed by atoms with Gasteiger partial charge in [0.05, 0.1) is 7.11 Å². The van der Waals surface area contributed by atoms with Crippen LogP contribution in [-0.2, 0) is 7.05 Å². The molecular weight excluding hydrogens is 306 g/mol. The molecule has 0 aliphatic rings. The van der Waals surface area contributed by atoms with Gasteiger partial charge in [0.25, 0.3) is 5.69 Å². The molecule has 2 heterocycles. The summed E-state index contributed by atoms with van der Waals surface area (Å²) < 4.78 is 7.55. The molecule has 0 amide bonds. The summed E-state index contributed by atoms with van der Waals surface area (Å²) in [5, 5.41) is 13.7. The van der Waals surface area contributed by atoms with Crippen LogP contribution in [-0.4, -0.2) is 16.7 Å². The molecule has 1 unspecified atom stereocenters. The molecule has 3 rings (SSSR count). The van der Waals surface area contributed by atoms with E-state index in [9.17, 15) is 10.0 Å². The molecule has 0 saturated heterocycles. The number of nitrogens with zero attached hydrogens (tertiary/aromatic N) is 2. The Morgan fingerprint density at radius 1 is 1.38 bits per heavy atom. The van der Waals surface area contributed by atoms with Gasteiger partial charge < -0.3 is 14.9 Å². The van der Waals surface area contributed by atoms with Crippen LogP contribution in [0, 0.1) is 5.21 Å². The lowest BCUT2D eigenvalue weighted by molar-refractivity contribution is -0.623. The largest absolute Gasteiger partial charge is 0.616 e. The van der Waals surface area contributed by atoms with Crippen LogP contribution < -0.4 is 15.0 Å². The average Bonchev–Trinajstić information content (AvgIpc) is 3.01. The first kappa shape index (κ1) is 16.1. The van der Waals surface area contributed by atoms with Gasteiger partial charge in [-0.3, -0.25) is 9.36 Å². The summed E-state index contributed by atoms with van der Waals surface area (Å²) in [6, 6.07) is 7.74. The summed E-state index contributed by atoms with van der Waals surface area (Å²) in [7, 11) is 3.13. The van der Waals surface area contributed by atoms with Gasteiger partial charge >= 0.3 is 11.4 Å². The Labute approximate surface area is 139 Å². The normalized spacial score (nSPS) is 12.5. The van der Waals surface area contributed by atoms with Crippen molar-refractivity contribution in [1.29, 1.82) is 0 Å². The first-order chi connectivity index (χ1) is 11.5. The highest BCUT2D eigenvalue weighted by atomic mass is 16.5. The molecule has 0 bridgehead atoms. The average molecular weight is 327 g/mol. The Balaban J connectivity index is 2.39. The van der Waals surface area contributed by atoms with Crippen molar-refractivity contribution >= 4 is 10.9 Å². The molecule has 2 aromatic heterocycles. The third-order valence-corrected chi connectivity index (χ3v) is 4.58. The number of aromatic nitrogens is 3. The van der Waals surface area contributed by atoms with Crippen LogP contribution in [0.15, 0.2) is 35.3 Å². The van der Waals surface area contributed by atoms with E-state index in [0.717, 1.165) is 16.5 Å². The topological polar surface area (TPSA) is 74.0 Å². The van der Waals surface area contributed by atoms with E-state index in [1.54, 1.807) is 13.2 Å². The predicted molar refractivity (Wildman–Crippen MR) is 93.2 cm³/mol. The molecule has 1 N–H and O–H groups in total. The highest BCUT2D eigenvalue weighted by Crippen LogP contribution is 2.32. The van der Waals surface area contributed by atoms with Crippen LogP contribution in [0.25, 0.3) is 22.2 Å². The van der Waals surface area contributed by atoms with Crippen molar-refractivity contribution in [3.8, 4) is 17.1 Å². The first-order valence-corrected chi connectivity index (χ1v) is 7.98. The first-order valence-electron chi connectivity index (χ1n) is 7.98. The van der Waals surface area contributed by atoms with Crippen molar-refractivity contribution in [2.75, 3.05) is 7.11 Å². The predicted octanol–water partition coefficient (Wildman–Crippen LogP) is 2.69. The Kier molecular flexibility index (Phi) is 4.05. The maximum absolute atomic E-state index is 12.8. The third-order valence-electron chi connectivity index (χ3n) is 4.58. The van der Waals surface area contributed by atoms with E-state index in [0.29, 0.717) is 16.8 Å². The highest BCUT2D eigenvalue weighted by Gasteiger charge is 2.30. The third kappa shape index (κ3) is 2.26. The fourth-order valence-electron chi connectivity index (χ4n) is 3.06. The van der Waals surface area contributed by atoms with Gasteiger partial charge in [-0.1, -0.05) is 32.0 Å². The molecule has 1 atom stereocenters. The molecule has 0 spiro atoms. The summed E-state index contributed by atoms with van der Waals surface area (Å²) in [6.45, 7) is 3.82. The number of para-hydroxylation sites is 1. The van der Waals surface area contributed by atoms with E-state index in [-0.39, 0.29) is 23.1 Å². The van der Waals surface area contributed by atoms with Gasteiger partial charge in [0.2, 0.25) is 0 Å². The van der Waals surface area contributed by atoms with E-state index in [1.807, 2.05) is 38.1 Å². The number of ether oxygens (including phenoxy) is 1. The maximum atomic E-state index is 12.8. The molecule has 0 saturated carbocycles. The molecule has 0 aliphatic carbocycles. The molecule has 0 fully saturated rings. The van der Waals surface area contributed by atoms with Crippen molar-refractivity contribution in [2.45, 2.75) is 26.2 Å². The van der Waals surface area contributed by atoms with Crippen LogP contribution in [0.2, 0.25) is 0 Å². The summed E-state index contributed by atoms with van der Waals surface area (Å²) in [4.78, 5) is 16.0. The minimum atomic E-state index is -0.291. The summed E-state index contributed by atoms with van der Waals surface area (Å²) >= 11 is 0. The van der Waals surface area contributed by atoms with Crippen LogP contribution >= 0.6 is 0 Å². The Morgan fingerprint density at radius 3 is 2.75 bits per heavy atom. The zero-order chi connectivity index (χ0) is 17.4. The fraction of sp³-hybridized carbons (Fsp3) is 0.333. The number of nitrogens with one attached hydrogen (secondary N) is 1. The second-order valence-corrected chi connectivity index (χ2v) is 5.96. The molecule has 0 radical (unpaired) electrons. The molecule has 1 aromatic carbocycles. The lowest BCUT2D eigenvalue weighted by Crippen LogP contribution is -2.45. The lowest BCUT2D eigenvalue weighted by Gasteiger charge is -2.17. The summed E-state index contributed by atoms with van der Waals surface area (Å²) in [5.74, 6) is -0.00993. The Hall–Kier alpha value is -2.76. The number of methoxy groups -OCH3 is 1. The molecule has 24 heavy (non-hydrogen) atoms. The maximum Gasteiger partial charge on any atom is 0.404 e. The molecule has 126 valence electrons. The minimum Gasteiger partial charge on any atom is -0.616 e. The standard InChI is InChI=1S/C18H21N3O3/c1-5-11(2)15-17(22)20(3)16(18(24-4)21(15)23)13-10-19-14-9-7-6-8-12(13)14/h6-11,19H,5H2,1-4H3. The molecule has 0 aliphatic heterocycles. The second-order valence-electron chi connectivity index (χ2n) is 5.96. The minimum absolute atomic E-state index is 0.136. The van der Waals surface area contributed by atoms with Crippen LogP contribution in [0.1, 0.15) is 31.9 Å². The fourth-order valence-corrected chi connectivity index (χ4v) is 3.06. The number of hydrogen-bond donors (Lipinski definition) is 1. The van der Waals surface area contributed by atoms with E-state index in [2.05, 4.69) is 4.98 Å². The quantitative estimate of drug-likeness (QED) is 0.591.